The number of piperidine rings is 1. The van der Waals surface area contributed by atoms with Gasteiger partial charge in [0.05, 0.1) is 15.9 Å². The molecule has 0 amide bonds. The summed E-state index contributed by atoms with van der Waals surface area (Å²) in [5, 5.41) is 1.91. The van der Waals surface area contributed by atoms with E-state index in [1.807, 2.05) is 23.6 Å². The Bertz CT molecular complexity index is 921. The first kappa shape index (κ1) is 17.2. The van der Waals surface area contributed by atoms with Crippen molar-refractivity contribution in [3.8, 4) is 0 Å². The van der Waals surface area contributed by atoms with E-state index in [1.165, 1.54) is 11.3 Å². The summed E-state index contributed by atoms with van der Waals surface area (Å²) in [4.78, 5) is 23.8. The number of H-pyrrole nitrogens is 1. The molecule has 5 nitrogen and oxygen atoms in total. The number of thiophene rings is 1. The second-order valence-corrected chi connectivity index (χ2v) is 8.20. The van der Waals surface area contributed by atoms with Gasteiger partial charge in [-0.15, -0.1) is 11.3 Å². The predicted octanol–water partition coefficient (Wildman–Crippen LogP) is 4.03. The number of ketones is 1. The summed E-state index contributed by atoms with van der Waals surface area (Å²) in [5.41, 5.74) is 9.64. The van der Waals surface area contributed by atoms with Gasteiger partial charge in [0.2, 0.25) is 5.78 Å². The van der Waals surface area contributed by atoms with Crippen LogP contribution in [-0.4, -0.2) is 39.8 Å². The van der Waals surface area contributed by atoms with Gasteiger partial charge in [-0.1, -0.05) is 6.07 Å². The Morgan fingerprint density at radius 2 is 2.08 bits per heavy atom. The summed E-state index contributed by atoms with van der Waals surface area (Å²) in [5.74, 6) is 1.05. The largest absolute Gasteiger partial charge is 0.385 e. The van der Waals surface area contributed by atoms with Crippen LogP contribution < -0.4 is 5.73 Å². The van der Waals surface area contributed by atoms with Crippen LogP contribution >= 0.6 is 11.3 Å². The smallest absolute Gasteiger partial charge is 0.221 e. The van der Waals surface area contributed by atoms with E-state index in [-0.39, 0.29) is 5.78 Å². The average molecular weight is 369 g/mol. The fraction of sp³-hybridized carbons (Fsp3) is 0.400. The fourth-order valence-electron chi connectivity index (χ4n) is 3.88. The maximum absolute atomic E-state index is 12.7. The molecule has 136 valence electrons. The van der Waals surface area contributed by atoms with Crippen LogP contribution in [0.15, 0.2) is 29.6 Å². The van der Waals surface area contributed by atoms with Crippen LogP contribution in [0.1, 0.15) is 53.5 Å². The molecule has 0 aromatic carbocycles. The Kier molecular flexibility index (Phi) is 4.54. The molecule has 1 fully saturated rings. The minimum Gasteiger partial charge on any atom is -0.385 e. The summed E-state index contributed by atoms with van der Waals surface area (Å²) in [6.07, 6.45) is 2.14. The number of hydrogen-bond acceptors (Lipinski definition) is 5. The van der Waals surface area contributed by atoms with Crippen molar-refractivity contribution in [3.63, 3.8) is 0 Å². The van der Waals surface area contributed by atoms with Gasteiger partial charge in [0, 0.05) is 11.6 Å². The van der Waals surface area contributed by atoms with Crippen LogP contribution in [0.2, 0.25) is 0 Å². The van der Waals surface area contributed by atoms with Gasteiger partial charge in [-0.05, 0) is 69.3 Å². The number of pyridine rings is 1. The highest BCUT2D eigenvalue weighted by molar-refractivity contribution is 7.12. The van der Waals surface area contributed by atoms with Gasteiger partial charge < -0.3 is 15.6 Å². The number of hydrogen-bond donors (Lipinski definition) is 2. The summed E-state index contributed by atoms with van der Waals surface area (Å²) in [6.45, 7) is 6.62. The van der Waals surface area contributed by atoms with Gasteiger partial charge in [-0.2, -0.15) is 0 Å². The van der Waals surface area contributed by atoms with Crippen molar-refractivity contribution in [3.05, 3.63) is 45.8 Å². The summed E-state index contributed by atoms with van der Waals surface area (Å²) >= 11 is 1.44. The first-order valence-electron chi connectivity index (χ1n) is 9.15. The monoisotopic (exact) mass is 368 g/mol. The van der Waals surface area contributed by atoms with Gasteiger partial charge in [-0.3, -0.25) is 4.79 Å². The maximum Gasteiger partial charge on any atom is 0.221 e. The molecule has 6 heteroatoms. The SMILES string of the molecule is CC(C)N1CCC(c2c(N)[nH]c3ccc(C(=O)c4cccs4)nc23)CC1. The number of nitrogens with one attached hydrogen (secondary N) is 1. The number of carbonyl (C=O) groups is 1. The Morgan fingerprint density at radius 3 is 2.73 bits per heavy atom. The Labute approximate surface area is 157 Å². The van der Waals surface area contributed by atoms with Crippen molar-refractivity contribution in [2.75, 3.05) is 18.8 Å². The molecule has 0 spiro atoms. The molecule has 0 atom stereocenters. The molecule has 0 unspecified atom stereocenters. The molecule has 4 rings (SSSR count). The van der Waals surface area contributed by atoms with Crippen molar-refractivity contribution in [2.45, 2.75) is 38.6 Å². The lowest BCUT2D eigenvalue weighted by Gasteiger charge is -2.34. The van der Waals surface area contributed by atoms with Crippen LogP contribution in [0.3, 0.4) is 0 Å². The van der Waals surface area contributed by atoms with Crippen molar-refractivity contribution in [2.24, 2.45) is 0 Å². The van der Waals surface area contributed by atoms with Crippen LogP contribution in [0, 0.1) is 0 Å². The maximum atomic E-state index is 12.7. The van der Waals surface area contributed by atoms with E-state index < -0.39 is 0 Å². The first-order chi connectivity index (χ1) is 12.5. The first-order valence-corrected chi connectivity index (χ1v) is 10.0. The molecule has 0 saturated carbocycles. The van der Waals surface area contributed by atoms with Crippen molar-refractivity contribution >= 4 is 34.0 Å². The quantitative estimate of drug-likeness (QED) is 0.682. The molecule has 0 radical (unpaired) electrons. The lowest BCUT2D eigenvalue weighted by atomic mass is 9.89. The fourth-order valence-corrected chi connectivity index (χ4v) is 4.56. The van der Waals surface area contributed by atoms with Crippen molar-refractivity contribution in [1.82, 2.24) is 14.9 Å². The zero-order chi connectivity index (χ0) is 18.3. The molecule has 4 heterocycles. The van der Waals surface area contributed by atoms with E-state index in [0.29, 0.717) is 28.3 Å². The highest BCUT2D eigenvalue weighted by atomic mass is 32.1. The van der Waals surface area contributed by atoms with E-state index in [0.717, 1.165) is 42.5 Å². The highest BCUT2D eigenvalue weighted by Crippen LogP contribution is 2.37. The second-order valence-electron chi connectivity index (χ2n) is 7.26. The number of aromatic amines is 1. The molecule has 1 saturated heterocycles. The number of nitrogens with two attached hydrogens (primary N) is 1. The zero-order valence-electron chi connectivity index (χ0n) is 15.2. The van der Waals surface area contributed by atoms with Gasteiger partial charge >= 0.3 is 0 Å². The van der Waals surface area contributed by atoms with Crippen LogP contribution in [0.4, 0.5) is 5.82 Å². The molecule has 26 heavy (non-hydrogen) atoms. The lowest BCUT2D eigenvalue weighted by molar-refractivity contribution is 0.103. The Morgan fingerprint density at radius 1 is 1.31 bits per heavy atom. The second kappa shape index (κ2) is 6.85. The standard InChI is InChI=1S/C20H24N4OS/c1-12(2)24-9-7-13(8-10-24)17-18-14(23-20(17)21)5-6-15(22-18)19(25)16-4-3-11-26-16/h3-6,11-13,23H,7-10,21H2,1-2H3. The molecular weight excluding hydrogens is 344 g/mol. The normalized spacial score (nSPS) is 16.6. The molecule has 3 N–H and O–H groups in total. The van der Waals surface area contributed by atoms with E-state index in [2.05, 4.69) is 23.7 Å². The van der Waals surface area contributed by atoms with Gasteiger partial charge in [0.15, 0.2) is 0 Å². The van der Waals surface area contributed by atoms with Crippen LogP contribution in [0.5, 0.6) is 0 Å². The van der Waals surface area contributed by atoms with Crippen LogP contribution in [0.25, 0.3) is 11.0 Å². The zero-order valence-corrected chi connectivity index (χ0v) is 16.0. The summed E-state index contributed by atoms with van der Waals surface area (Å²) < 4.78 is 0. The third-order valence-electron chi connectivity index (χ3n) is 5.36. The molecular formula is C20H24N4OS. The molecule has 1 aliphatic rings. The number of anilines is 1. The molecule has 3 aromatic heterocycles. The summed E-state index contributed by atoms with van der Waals surface area (Å²) in [6, 6.07) is 8.01. The number of nitrogens with zero attached hydrogens (tertiary/aromatic N) is 2. The van der Waals surface area contributed by atoms with E-state index in [1.54, 1.807) is 6.07 Å². The highest BCUT2D eigenvalue weighted by Gasteiger charge is 2.27. The minimum absolute atomic E-state index is 0.0257. The Balaban J connectivity index is 1.68. The van der Waals surface area contributed by atoms with E-state index >= 15 is 0 Å². The lowest BCUT2D eigenvalue weighted by Crippen LogP contribution is -2.37. The number of rotatable bonds is 4. The van der Waals surface area contributed by atoms with Gasteiger partial charge in [0.1, 0.15) is 11.5 Å². The van der Waals surface area contributed by atoms with E-state index in [4.69, 9.17) is 10.7 Å². The molecule has 1 aliphatic heterocycles. The van der Waals surface area contributed by atoms with Crippen molar-refractivity contribution < 1.29 is 4.79 Å². The predicted molar refractivity (Wildman–Crippen MR) is 107 cm³/mol. The third kappa shape index (κ3) is 3.04. The molecule has 3 aromatic rings. The van der Waals surface area contributed by atoms with Crippen molar-refractivity contribution in [1.29, 1.82) is 0 Å². The molecule has 0 bridgehead atoms. The minimum atomic E-state index is -0.0257. The Hall–Kier alpha value is -2.18. The number of fused-ring (bicyclic) bond motifs is 1. The average Bonchev–Trinajstić information content (AvgIpc) is 3.27. The third-order valence-corrected chi connectivity index (χ3v) is 6.22. The molecule has 0 aliphatic carbocycles. The van der Waals surface area contributed by atoms with Gasteiger partial charge in [0.25, 0.3) is 0 Å². The topological polar surface area (TPSA) is 75.0 Å². The van der Waals surface area contributed by atoms with Gasteiger partial charge in [-0.25, -0.2) is 4.98 Å². The number of likely N-dealkylation sites (tertiary alicyclic amines) is 1. The number of carbonyl (C=O) groups excluding carboxylic acids is 1. The summed E-state index contributed by atoms with van der Waals surface area (Å²) in [7, 11) is 0. The van der Waals surface area contributed by atoms with Crippen LogP contribution in [-0.2, 0) is 0 Å². The number of aromatic nitrogens is 2. The van der Waals surface area contributed by atoms with E-state index in [9.17, 15) is 4.79 Å². The number of nitrogen functional groups attached to an aromatic ring is 1.